The Balaban J connectivity index is 6.37. The van der Waals surface area contributed by atoms with E-state index in [9.17, 15) is 30.0 Å². The van der Waals surface area contributed by atoms with E-state index in [2.05, 4.69) is 0 Å². The first-order valence-electron chi connectivity index (χ1n) is 5.14. The molecule has 0 fully saturated rings. The van der Waals surface area contributed by atoms with E-state index in [0.29, 0.717) is 0 Å². The topological polar surface area (TPSA) is 121 Å². The fourth-order valence-corrected chi connectivity index (χ4v) is 1.77. The zero-order chi connectivity index (χ0) is 15.2. The number of likely N-dealkylation sites (N-methyl/N-ethyl adjacent to an activating group) is 2. The molecule has 2 N–H and O–H groups in total. The highest BCUT2D eigenvalue weighted by Crippen LogP contribution is 2.33. The third-order valence-electron chi connectivity index (χ3n) is 3.00. The molecule has 0 aromatic carbocycles. The normalized spacial score (nSPS) is 19.8. The van der Waals surface area contributed by atoms with Crippen LogP contribution in [0.4, 0.5) is 0 Å². The molecular weight excluding hydrogens is 244 g/mol. The number of rotatable bonds is 5. The molecule has 0 heterocycles. The van der Waals surface area contributed by atoms with Crippen molar-refractivity contribution in [2.24, 2.45) is 0 Å². The molecule has 2 unspecified atom stereocenters. The summed E-state index contributed by atoms with van der Waals surface area (Å²) in [5, 5.41) is 43.0. The van der Waals surface area contributed by atoms with Crippen molar-refractivity contribution in [1.82, 2.24) is 0 Å². The first kappa shape index (κ1) is 16.8. The van der Waals surface area contributed by atoms with E-state index < -0.39 is 32.4 Å². The molecule has 0 saturated heterocycles. The van der Waals surface area contributed by atoms with Gasteiger partial charge >= 0.3 is 11.4 Å². The van der Waals surface area contributed by atoms with E-state index in [0.717, 1.165) is 0 Å². The summed E-state index contributed by atoms with van der Waals surface area (Å²) < 4.78 is -1.56. The zero-order valence-corrected chi connectivity index (χ0v) is 11.4. The van der Waals surface area contributed by atoms with Gasteiger partial charge in [-0.3, -0.25) is 8.97 Å². The van der Waals surface area contributed by atoms with Gasteiger partial charge in [0.25, 0.3) is 0 Å². The number of hydrogen-bond donors (Lipinski definition) is 2. The number of aliphatic carboxylic acids is 2. The van der Waals surface area contributed by atoms with Gasteiger partial charge in [0.2, 0.25) is 0 Å². The van der Waals surface area contributed by atoms with Crippen molar-refractivity contribution < 1.29 is 39.0 Å². The molecule has 0 saturated carbocycles. The molecular formula is C10H20N2O6. The third-order valence-corrected chi connectivity index (χ3v) is 3.00. The molecule has 2 atom stereocenters. The molecule has 0 amide bonds. The highest BCUT2D eigenvalue weighted by molar-refractivity contribution is 5.85. The second-order valence-electron chi connectivity index (χ2n) is 5.94. The maximum atomic E-state index is 11.2. The molecule has 18 heavy (non-hydrogen) atoms. The molecule has 0 bridgehead atoms. The van der Waals surface area contributed by atoms with Crippen LogP contribution < -0.4 is 10.2 Å². The zero-order valence-electron chi connectivity index (χ0n) is 11.4. The largest absolute Gasteiger partial charge is 0.541 e. The van der Waals surface area contributed by atoms with Gasteiger partial charge in [0, 0.05) is 0 Å². The lowest BCUT2D eigenvalue weighted by atomic mass is 9.93. The monoisotopic (exact) mass is 264 g/mol. The van der Waals surface area contributed by atoms with Gasteiger partial charge in [0.05, 0.1) is 42.3 Å². The van der Waals surface area contributed by atoms with Crippen molar-refractivity contribution in [1.29, 1.82) is 0 Å². The molecule has 0 rings (SSSR count). The van der Waals surface area contributed by atoms with Crippen molar-refractivity contribution >= 4 is 11.9 Å². The average molecular weight is 264 g/mol. The van der Waals surface area contributed by atoms with Gasteiger partial charge in [0.1, 0.15) is 11.9 Å². The van der Waals surface area contributed by atoms with Crippen molar-refractivity contribution in [2.45, 2.75) is 11.4 Å². The number of aliphatic hydroxyl groups is 2. The summed E-state index contributed by atoms with van der Waals surface area (Å²) in [6.07, 6.45) is 0. The number of carbonyl (C=O) groups excluding carboxylic acids is 2. The van der Waals surface area contributed by atoms with Crippen LogP contribution in [0.15, 0.2) is 0 Å². The summed E-state index contributed by atoms with van der Waals surface area (Å²) >= 11 is 0. The Bertz CT molecular complexity index is 334. The highest BCUT2D eigenvalue weighted by Gasteiger charge is 2.70. The van der Waals surface area contributed by atoms with Crippen molar-refractivity contribution in [3.05, 3.63) is 0 Å². The minimum Gasteiger partial charge on any atom is -0.541 e. The Morgan fingerprint density at radius 1 is 0.778 bits per heavy atom. The van der Waals surface area contributed by atoms with E-state index in [-0.39, 0.29) is 0 Å². The minimum atomic E-state index is -3.09. The van der Waals surface area contributed by atoms with Gasteiger partial charge in [-0.15, -0.1) is 0 Å². The molecule has 0 aliphatic carbocycles. The van der Waals surface area contributed by atoms with Gasteiger partial charge < -0.3 is 30.0 Å². The number of hydrogen-bond acceptors (Lipinski definition) is 6. The van der Waals surface area contributed by atoms with Crippen LogP contribution in [0.3, 0.4) is 0 Å². The van der Waals surface area contributed by atoms with Gasteiger partial charge in [0.15, 0.2) is 0 Å². The number of nitrogens with zero attached hydrogens (tertiary/aromatic N) is 2. The molecule has 8 nitrogen and oxygen atoms in total. The molecule has 0 aromatic rings. The molecule has 0 radical (unpaired) electrons. The molecule has 0 aliphatic rings. The standard InChI is InChI=1S/C10H20N2O6/c1-11(2,3)9(17,7(13)14)10(18,8(15)16)12(4,5)6/h17-18H,1-6H3. The molecule has 106 valence electrons. The second kappa shape index (κ2) is 4.16. The summed E-state index contributed by atoms with van der Waals surface area (Å²) in [5.74, 6) is -4.20. The van der Waals surface area contributed by atoms with Crippen molar-refractivity contribution in [3.8, 4) is 0 Å². The Hall–Kier alpha value is -1.22. The van der Waals surface area contributed by atoms with E-state index in [1.165, 1.54) is 42.3 Å². The van der Waals surface area contributed by atoms with Crippen LogP contribution in [0.5, 0.6) is 0 Å². The number of carbonyl (C=O) groups is 2. The van der Waals surface area contributed by atoms with Crippen LogP contribution in [-0.4, -0.2) is 84.9 Å². The van der Waals surface area contributed by atoms with Gasteiger partial charge in [-0.1, -0.05) is 0 Å². The Morgan fingerprint density at radius 3 is 1.00 bits per heavy atom. The van der Waals surface area contributed by atoms with Gasteiger partial charge in [-0.25, -0.2) is 0 Å². The summed E-state index contributed by atoms with van der Waals surface area (Å²) in [7, 11) is 7.33. The van der Waals surface area contributed by atoms with E-state index >= 15 is 0 Å². The average Bonchev–Trinajstić information content (AvgIpc) is 2.10. The predicted octanol–water partition coefficient (Wildman–Crippen LogP) is -4.72. The van der Waals surface area contributed by atoms with Crippen LogP contribution in [0.2, 0.25) is 0 Å². The fraction of sp³-hybridized carbons (Fsp3) is 0.800. The SMILES string of the molecule is C[N+](C)(C)C(O)(C(=O)[O-])C(O)(C(=O)[O-])[N+](C)(C)C. The summed E-state index contributed by atoms with van der Waals surface area (Å²) in [4.78, 5) is 22.5. The fourth-order valence-electron chi connectivity index (χ4n) is 1.77. The summed E-state index contributed by atoms with van der Waals surface area (Å²) in [5.41, 5.74) is -6.19. The second-order valence-corrected chi connectivity index (χ2v) is 5.94. The van der Waals surface area contributed by atoms with Crippen molar-refractivity contribution in [3.63, 3.8) is 0 Å². The first-order valence-corrected chi connectivity index (χ1v) is 5.14. The minimum absolute atomic E-state index is 0.782. The lowest BCUT2D eigenvalue weighted by molar-refractivity contribution is -1.03. The summed E-state index contributed by atoms with van der Waals surface area (Å²) in [6, 6.07) is 0. The van der Waals surface area contributed by atoms with E-state index in [1.807, 2.05) is 0 Å². The Morgan fingerprint density at radius 2 is 0.944 bits per heavy atom. The quantitative estimate of drug-likeness (QED) is 0.380. The number of quaternary nitrogens is 2. The Labute approximate surface area is 105 Å². The smallest absolute Gasteiger partial charge is 0.331 e. The van der Waals surface area contributed by atoms with Crippen LogP contribution in [-0.2, 0) is 9.59 Å². The van der Waals surface area contributed by atoms with Gasteiger partial charge in [-0.2, -0.15) is 0 Å². The van der Waals surface area contributed by atoms with E-state index in [1.54, 1.807) is 0 Å². The van der Waals surface area contributed by atoms with E-state index in [4.69, 9.17) is 0 Å². The maximum absolute atomic E-state index is 11.2. The first-order chi connectivity index (χ1) is 7.64. The number of carboxylic acid groups (broad SMARTS) is 2. The Kier molecular flexibility index (Phi) is 3.88. The van der Waals surface area contributed by atoms with Crippen LogP contribution in [0.25, 0.3) is 0 Å². The maximum Gasteiger partial charge on any atom is 0.331 e. The number of carboxylic acids is 2. The predicted molar refractivity (Wildman–Crippen MR) is 56.0 cm³/mol. The van der Waals surface area contributed by atoms with Crippen molar-refractivity contribution in [2.75, 3.05) is 42.3 Å². The molecule has 0 aromatic heterocycles. The lowest BCUT2D eigenvalue weighted by Gasteiger charge is -2.54. The van der Waals surface area contributed by atoms with Crippen LogP contribution in [0.1, 0.15) is 0 Å². The molecule has 0 aliphatic heterocycles. The highest BCUT2D eigenvalue weighted by atomic mass is 16.5. The van der Waals surface area contributed by atoms with Crippen LogP contribution >= 0.6 is 0 Å². The molecule has 8 heteroatoms. The van der Waals surface area contributed by atoms with Crippen LogP contribution in [0, 0.1) is 0 Å². The molecule has 0 spiro atoms. The third kappa shape index (κ3) is 1.97. The lowest BCUT2D eigenvalue weighted by Crippen LogP contribution is -2.87. The summed E-state index contributed by atoms with van der Waals surface area (Å²) in [6.45, 7) is 0. The van der Waals surface area contributed by atoms with Gasteiger partial charge in [-0.05, 0) is 0 Å².